The molecule has 0 bridgehead atoms. The van der Waals surface area contributed by atoms with Crippen molar-refractivity contribution in [2.75, 3.05) is 79.5 Å². The van der Waals surface area contributed by atoms with Gasteiger partial charge in [-0.3, -0.25) is 28.5 Å². The second-order valence-electron chi connectivity index (χ2n) is 27.0. The van der Waals surface area contributed by atoms with E-state index in [0.717, 1.165) is 91.8 Å². The minimum absolute atomic E-state index is 0.102. The van der Waals surface area contributed by atoms with Crippen LogP contribution in [0.5, 0.6) is 5.88 Å². The molecular formula is C75H88N10O12S2. The number of carbonyl (C=O) groups is 4. The molecule has 4 aliphatic rings. The van der Waals surface area contributed by atoms with Crippen LogP contribution in [-0.2, 0) is 60.0 Å². The Hall–Kier alpha value is -9.23. The molecule has 7 aromatic rings. The molecule has 4 amide bonds. The van der Waals surface area contributed by atoms with Gasteiger partial charge in [-0.15, -0.1) is 0 Å². The number of methoxy groups -OCH3 is 1. The summed E-state index contributed by atoms with van der Waals surface area (Å²) in [4.78, 5) is 74.6. The van der Waals surface area contributed by atoms with Gasteiger partial charge in [0.2, 0.25) is 11.8 Å². The van der Waals surface area contributed by atoms with Crippen molar-refractivity contribution >= 4 is 88.4 Å². The average Bonchev–Trinajstić information content (AvgIpc) is 1.58. The predicted molar refractivity (Wildman–Crippen MR) is 385 cm³/mol. The van der Waals surface area contributed by atoms with Gasteiger partial charge in [0.15, 0.2) is 0 Å². The highest BCUT2D eigenvalue weighted by molar-refractivity contribution is 7.86. The number of hydrogen-bond donors (Lipinski definition) is 6. The number of urea groups is 1. The Bertz CT molecular complexity index is 4500. The lowest BCUT2D eigenvalue weighted by Crippen LogP contribution is -2.41. The van der Waals surface area contributed by atoms with Gasteiger partial charge in [-0.25, -0.2) is 14.8 Å². The summed E-state index contributed by atoms with van der Waals surface area (Å²) in [7, 11) is -6.98. The number of unbranched alkanes of at least 4 members (excludes halogenated alkanes) is 2. The van der Waals surface area contributed by atoms with E-state index in [2.05, 4.69) is 119 Å². The highest BCUT2D eigenvalue weighted by Gasteiger charge is 2.45. The van der Waals surface area contributed by atoms with E-state index in [1.54, 1.807) is 46.5 Å². The zero-order valence-corrected chi connectivity index (χ0v) is 58.4. The average molecular weight is 1390 g/mol. The van der Waals surface area contributed by atoms with Gasteiger partial charge in [-0.2, -0.15) is 16.8 Å². The first-order valence-electron chi connectivity index (χ1n) is 34.0. The third-order valence-corrected chi connectivity index (χ3v) is 21.2. The van der Waals surface area contributed by atoms with Crippen molar-refractivity contribution in [3.8, 4) is 5.88 Å². The number of benzene rings is 4. The van der Waals surface area contributed by atoms with Gasteiger partial charge >= 0.3 is 12.0 Å². The van der Waals surface area contributed by atoms with Gasteiger partial charge in [0, 0.05) is 111 Å². The summed E-state index contributed by atoms with van der Waals surface area (Å²) in [6.45, 7) is 12.0. The number of allylic oxidation sites excluding steroid dienone is 5. The van der Waals surface area contributed by atoms with Crippen LogP contribution in [0.25, 0.3) is 27.1 Å². The zero-order valence-electron chi connectivity index (χ0n) is 56.7. The van der Waals surface area contributed by atoms with Crippen LogP contribution in [0.2, 0.25) is 0 Å². The molecule has 22 nitrogen and oxygen atoms in total. The Morgan fingerprint density at radius 1 is 0.778 bits per heavy atom. The quantitative estimate of drug-likeness (QED) is 0.0139. The van der Waals surface area contributed by atoms with Gasteiger partial charge in [-0.1, -0.05) is 119 Å². The standard InChI is InChI=1S/C75H88N10O12S2/c1-74(2)64(83(39-15-43-98(91,92)93)61-31-25-50-17-8-10-20-57(50)69(61)74)33-27-52(28-34-65-75(3,4)70-58-21-11-9-18-51(58)26-32-62(70)84(65)40-16-44-99(94,95)96)59-30-24-55(48-78-59)72(89)77-36-12-6-7-23-66(86)79-49-56-45-53-19-13-37-76-71(53)81-60(56)22-14-38-82-41-42-85(73(82)90)63(46-68(87)88)54-29-35-67(97-5)80-47-54/h8-11,17-18,20-21,24-35,45,47-48,63-64H,6-7,12-16,19,22-23,36-44,46,49H2,1-5H3,(H,76,81)(H,77,89)(H,79,86)(H,87,88)(H,91,92,93)(H,94,95,96)/b33-27+,52-28-,65-34+/t63-,64?/m0/s1. The van der Waals surface area contributed by atoms with Gasteiger partial charge in [0.1, 0.15) is 5.82 Å². The molecule has 4 aliphatic heterocycles. The van der Waals surface area contributed by atoms with Crippen molar-refractivity contribution < 1.29 is 55.0 Å². The number of nitrogens with zero attached hydrogens (tertiary/aromatic N) is 7. The van der Waals surface area contributed by atoms with Crippen molar-refractivity contribution in [1.82, 2.24) is 35.4 Å². The summed E-state index contributed by atoms with van der Waals surface area (Å²) >= 11 is 0. The number of carboxylic acid groups (broad SMARTS) is 1. The Kier molecular flexibility index (Phi) is 21.9. The first-order chi connectivity index (χ1) is 47.4. The van der Waals surface area contributed by atoms with E-state index in [-0.39, 0.29) is 43.1 Å². The lowest BCUT2D eigenvalue weighted by Gasteiger charge is -2.32. The summed E-state index contributed by atoms with van der Waals surface area (Å²) in [5.41, 5.74) is 8.94. The van der Waals surface area contributed by atoms with Crippen molar-refractivity contribution in [3.05, 3.63) is 190 Å². The number of carbonyl (C=O) groups excluding carboxylic acids is 3. The second-order valence-corrected chi connectivity index (χ2v) is 30.2. The molecule has 11 rings (SSSR count). The van der Waals surface area contributed by atoms with Crippen LogP contribution in [0.3, 0.4) is 0 Å². The molecule has 1 unspecified atom stereocenters. The molecule has 1 saturated heterocycles. The van der Waals surface area contributed by atoms with Gasteiger partial charge < -0.3 is 45.4 Å². The number of aliphatic carboxylic acids is 1. The summed E-state index contributed by atoms with van der Waals surface area (Å²) < 4.78 is 73.1. The van der Waals surface area contributed by atoms with Crippen LogP contribution in [0, 0.1) is 0 Å². The molecule has 7 heterocycles. The van der Waals surface area contributed by atoms with Crippen LogP contribution in [0.1, 0.15) is 141 Å². The van der Waals surface area contributed by atoms with Gasteiger partial charge in [0.25, 0.3) is 26.1 Å². The molecule has 3 aromatic heterocycles. The van der Waals surface area contributed by atoms with Crippen LogP contribution in [0.4, 0.5) is 22.0 Å². The third kappa shape index (κ3) is 16.6. The fourth-order valence-electron chi connectivity index (χ4n) is 14.7. The largest absolute Gasteiger partial charge is 0.481 e. The summed E-state index contributed by atoms with van der Waals surface area (Å²) in [5.74, 6) is -1.02. The molecule has 0 saturated carbocycles. The maximum atomic E-state index is 13.8. The third-order valence-electron chi connectivity index (χ3n) is 19.6. The predicted octanol–water partition coefficient (Wildman–Crippen LogP) is 11.4. The number of fused-ring (bicyclic) bond motifs is 7. The fraction of sp³-hybridized carbons (Fsp3) is 0.400. The van der Waals surface area contributed by atoms with Crippen LogP contribution >= 0.6 is 0 Å². The van der Waals surface area contributed by atoms with Crippen molar-refractivity contribution in [2.45, 2.75) is 128 Å². The van der Waals surface area contributed by atoms with Crippen molar-refractivity contribution in [3.63, 3.8) is 0 Å². The number of amides is 4. The first-order valence-corrected chi connectivity index (χ1v) is 37.2. The van der Waals surface area contributed by atoms with Crippen molar-refractivity contribution in [1.29, 1.82) is 0 Å². The number of ether oxygens (including phenoxy) is 1. The number of carboxylic acids is 1. The molecule has 0 radical (unpaired) electrons. The highest BCUT2D eigenvalue weighted by atomic mass is 32.2. The molecule has 6 N–H and O–H groups in total. The van der Waals surface area contributed by atoms with E-state index in [1.165, 1.54) is 7.11 Å². The lowest BCUT2D eigenvalue weighted by atomic mass is 9.78. The maximum Gasteiger partial charge on any atom is 0.320 e. The number of aryl methyl sites for hydroxylation is 2. The molecule has 522 valence electrons. The second kappa shape index (κ2) is 30.5. The summed E-state index contributed by atoms with van der Waals surface area (Å²) in [6, 6.07) is 32.4. The van der Waals surface area contributed by atoms with Crippen LogP contribution in [-0.4, -0.2) is 150 Å². The van der Waals surface area contributed by atoms with E-state index < -0.39 is 54.6 Å². The maximum absolute atomic E-state index is 13.8. The Balaban J connectivity index is 0.748. The van der Waals surface area contributed by atoms with E-state index in [4.69, 9.17) is 14.7 Å². The highest BCUT2D eigenvalue weighted by Crippen LogP contribution is 2.52. The SMILES string of the molecule is COc1ccc([C@H](CC(=O)O)N2CCN(CCCc3nc4c(cc3CNC(=O)CCCCCNC(=O)c3ccc(C(=C\C=C5\N(CCCS(=O)(=O)O)c6ccc7ccccc7c6C5(C)C)/C=C/C5N(CCCS(=O)(=O)O)c6ccc7ccccc7c6C5(C)C)nc3)CCCN4)C2=O)cn1. The molecule has 0 spiro atoms. The molecular weight excluding hydrogens is 1300 g/mol. The lowest BCUT2D eigenvalue weighted by molar-refractivity contribution is -0.138. The molecule has 2 atom stereocenters. The number of anilines is 3. The molecule has 1 fully saturated rings. The van der Waals surface area contributed by atoms with Crippen LogP contribution < -0.4 is 30.5 Å². The summed E-state index contributed by atoms with van der Waals surface area (Å²) in [6.07, 6.45) is 16.5. The monoisotopic (exact) mass is 1380 g/mol. The van der Waals surface area contributed by atoms with Crippen LogP contribution in [0.15, 0.2) is 146 Å². The molecule has 99 heavy (non-hydrogen) atoms. The van der Waals surface area contributed by atoms with E-state index >= 15 is 0 Å². The molecule has 24 heteroatoms. The Morgan fingerprint density at radius 3 is 2.18 bits per heavy atom. The Morgan fingerprint density at radius 2 is 1.49 bits per heavy atom. The normalized spacial score (nSPS) is 17.3. The topological polar surface area (TPSA) is 294 Å². The van der Waals surface area contributed by atoms with E-state index in [9.17, 15) is 50.2 Å². The Labute approximate surface area is 579 Å². The summed E-state index contributed by atoms with van der Waals surface area (Å²) in [5, 5.41) is 23.6. The number of aromatic nitrogens is 3. The molecule has 0 aliphatic carbocycles. The molecule has 4 aromatic carbocycles. The minimum Gasteiger partial charge on any atom is -0.481 e. The van der Waals surface area contributed by atoms with Crippen molar-refractivity contribution in [2.24, 2.45) is 0 Å². The van der Waals surface area contributed by atoms with E-state index in [1.807, 2.05) is 42.5 Å². The number of hydrogen-bond acceptors (Lipinski definition) is 15. The minimum atomic E-state index is -4.24. The zero-order chi connectivity index (χ0) is 70.2. The first kappa shape index (κ1) is 71.1. The number of pyridine rings is 3. The number of nitrogens with one attached hydrogen (secondary N) is 3. The smallest absolute Gasteiger partial charge is 0.320 e. The van der Waals surface area contributed by atoms with E-state index in [0.29, 0.717) is 113 Å². The fourth-order valence-corrected chi connectivity index (χ4v) is 15.7. The number of rotatable bonds is 30. The van der Waals surface area contributed by atoms with Gasteiger partial charge in [-0.05, 0) is 143 Å². The van der Waals surface area contributed by atoms with Gasteiger partial charge in [0.05, 0.1) is 48.4 Å².